The van der Waals surface area contributed by atoms with E-state index in [1.165, 1.54) is 0 Å². The van der Waals surface area contributed by atoms with Gasteiger partial charge < -0.3 is 10.1 Å². The minimum absolute atomic E-state index is 0.00593. The van der Waals surface area contributed by atoms with Gasteiger partial charge in [-0.25, -0.2) is 0 Å². The van der Waals surface area contributed by atoms with Gasteiger partial charge in [-0.15, -0.1) is 0 Å². The molecule has 1 N–H and O–H groups in total. The molecule has 90 valence electrons. The molecule has 0 atom stereocenters. The molecule has 0 unspecified atom stereocenters. The Balaban J connectivity index is 2.32. The van der Waals surface area contributed by atoms with Crippen LogP contribution in [0.4, 0.5) is 0 Å². The fourth-order valence-corrected chi connectivity index (χ4v) is 1.34. The van der Waals surface area contributed by atoms with Crippen molar-refractivity contribution in [3.63, 3.8) is 0 Å². The number of nitrogens with zero attached hydrogens (tertiary/aromatic N) is 1. The molecule has 4 heteroatoms. The predicted octanol–water partition coefficient (Wildman–Crippen LogP) is 1.66. The van der Waals surface area contributed by atoms with Crippen LogP contribution in [0.2, 0.25) is 0 Å². The van der Waals surface area contributed by atoms with E-state index in [-0.39, 0.29) is 5.91 Å². The first-order chi connectivity index (χ1) is 8.26. The molecule has 0 aromatic heterocycles. The van der Waals surface area contributed by atoms with Crippen molar-refractivity contribution in [2.75, 3.05) is 13.2 Å². The molecule has 0 saturated heterocycles. The van der Waals surface area contributed by atoms with Gasteiger partial charge in [0, 0.05) is 6.54 Å². The van der Waals surface area contributed by atoms with Gasteiger partial charge in [0.2, 0.25) is 5.91 Å². The van der Waals surface area contributed by atoms with E-state index >= 15 is 0 Å². The van der Waals surface area contributed by atoms with Crippen molar-refractivity contribution in [3.05, 3.63) is 29.8 Å². The van der Waals surface area contributed by atoms with Crippen LogP contribution in [0.1, 0.15) is 18.9 Å². The van der Waals surface area contributed by atoms with Gasteiger partial charge in [-0.1, -0.05) is 12.1 Å². The highest BCUT2D eigenvalue weighted by Gasteiger charge is 2.00. The van der Waals surface area contributed by atoms with E-state index in [0.717, 1.165) is 11.3 Å². The second kappa shape index (κ2) is 7.29. The summed E-state index contributed by atoms with van der Waals surface area (Å²) in [6, 6.07) is 9.41. The SMILES string of the molecule is CCNC(=O)CCOc1ccc(CC#N)cc1. The van der Waals surface area contributed by atoms with Gasteiger partial charge >= 0.3 is 0 Å². The average Bonchev–Trinajstić information content (AvgIpc) is 2.32. The second-order valence-electron chi connectivity index (χ2n) is 3.53. The van der Waals surface area contributed by atoms with Gasteiger partial charge in [0.15, 0.2) is 0 Å². The lowest BCUT2D eigenvalue weighted by atomic mass is 10.2. The van der Waals surface area contributed by atoms with Crippen molar-refractivity contribution in [1.82, 2.24) is 5.32 Å². The maximum atomic E-state index is 11.1. The standard InChI is InChI=1S/C13H16N2O2/c1-2-15-13(16)8-10-17-12-5-3-11(4-6-12)7-9-14/h3-6H,2,7-8,10H2,1H3,(H,15,16). The van der Waals surface area contributed by atoms with E-state index < -0.39 is 0 Å². The van der Waals surface area contributed by atoms with Crippen LogP contribution in [0.5, 0.6) is 5.75 Å². The zero-order valence-electron chi connectivity index (χ0n) is 9.90. The Morgan fingerprint density at radius 1 is 1.41 bits per heavy atom. The summed E-state index contributed by atoms with van der Waals surface area (Å²) in [7, 11) is 0. The second-order valence-corrected chi connectivity index (χ2v) is 3.53. The van der Waals surface area contributed by atoms with Crippen LogP contribution in [-0.2, 0) is 11.2 Å². The van der Waals surface area contributed by atoms with E-state index in [4.69, 9.17) is 10.00 Å². The number of hydrogen-bond acceptors (Lipinski definition) is 3. The Kier molecular flexibility index (Phi) is 5.59. The lowest BCUT2D eigenvalue weighted by Gasteiger charge is -2.06. The first-order valence-electron chi connectivity index (χ1n) is 5.61. The molecule has 0 spiro atoms. The summed E-state index contributed by atoms with van der Waals surface area (Å²) in [6.07, 6.45) is 0.757. The number of benzene rings is 1. The molecule has 0 aliphatic heterocycles. The normalized spacial score (nSPS) is 9.41. The lowest BCUT2D eigenvalue weighted by Crippen LogP contribution is -2.24. The van der Waals surface area contributed by atoms with Gasteiger partial charge in [0.05, 0.1) is 25.5 Å². The van der Waals surface area contributed by atoms with Crippen LogP contribution in [-0.4, -0.2) is 19.1 Å². The summed E-state index contributed by atoms with van der Waals surface area (Å²) in [5.41, 5.74) is 0.962. The number of nitrogens with one attached hydrogen (secondary N) is 1. The number of amides is 1. The van der Waals surface area contributed by atoms with Crippen molar-refractivity contribution in [2.24, 2.45) is 0 Å². The summed E-state index contributed by atoms with van der Waals surface area (Å²) in [5, 5.41) is 11.2. The van der Waals surface area contributed by atoms with E-state index in [1.807, 2.05) is 31.2 Å². The van der Waals surface area contributed by atoms with Crippen molar-refractivity contribution in [3.8, 4) is 11.8 Å². The van der Waals surface area contributed by atoms with Gasteiger partial charge in [0.1, 0.15) is 5.75 Å². The number of hydrogen-bond donors (Lipinski definition) is 1. The summed E-state index contributed by atoms with van der Waals surface area (Å²) in [6.45, 7) is 2.89. The summed E-state index contributed by atoms with van der Waals surface area (Å²) < 4.78 is 5.41. The number of ether oxygens (including phenoxy) is 1. The summed E-state index contributed by atoms with van der Waals surface area (Å²) in [4.78, 5) is 11.1. The Bertz CT molecular complexity index is 393. The summed E-state index contributed by atoms with van der Waals surface area (Å²) in [5.74, 6) is 0.713. The third-order valence-corrected chi connectivity index (χ3v) is 2.18. The van der Waals surface area contributed by atoms with Crippen LogP contribution >= 0.6 is 0 Å². The Hall–Kier alpha value is -2.02. The molecule has 0 saturated carbocycles. The van der Waals surface area contributed by atoms with E-state index in [2.05, 4.69) is 11.4 Å². The van der Waals surface area contributed by atoms with Gasteiger partial charge in [-0.2, -0.15) is 5.26 Å². The van der Waals surface area contributed by atoms with Crippen molar-refractivity contribution < 1.29 is 9.53 Å². The minimum atomic E-state index is -0.00593. The number of carbonyl (C=O) groups is 1. The first-order valence-corrected chi connectivity index (χ1v) is 5.61. The molecule has 0 heterocycles. The zero-order valence-corrected chi connectivity index (χ0v) is 9.90. The van der Waals surface area contributed by atoms with Gasteiger partial charge in [-0.05, 0) is 24.6 Å². The predicted molar refractivity (Wildman–Crippen MR) is 64.6 cm³/mol. The third kappa shape index (κ3) is 5.03. The highest BCUT2D eigenvalue weighted by Crippen LogP contribution is 2.12. The molecule has 0 fully saturated rings. The Morgan fingerprint density at radius 3 is 2.71 bits per heavy atom. The molecular formula is C13H16N2O2. The molecule has 0 radical (unpaired) electrons. The monoisotopic (exact) mass is 232 g/mol. The molecule has 0 bridgehead atoms. The van der Waals surface area contributed by atoms with E-state index in [1.54, 1.807) is 0 Å². The fourth-order valence-electron chi connectivity index (χ4n) is 1.34. The molecular weight excluding hydrogens is 216 g/mol. The molecule has 0 aliphatic carbocycles. The molecule has 0 aliphatic rings. The quantitative estimate of drug-likeness (QED) is 0.811. The number of carbonyl (C=O) groups excluding carboxylic acids is 1. The van der Waals surface area contributed by atoms with E-state index in [9.17, 15) is 4.79 Å². The minimum Gasteiger partial charge on any atom is -0.493 e. The molecule has 1 aromatic carbocycles. The first kappa shape index (κ1) is 13.0. The third-order valence-electron chi connectivity index (χ3n) is 2.18. The molecule has 1 amide bonds. The van der Waals surface area contributed by atoms with Crippen LogP contribution in [0.15, 0.2) is 24.3 Å². The maximum Gasteiger partial charge on any atom is 0.223 e. The smallest absolute Gasteiger partial charge is 0.223 e. The lowest BCUT2D eigenvalue weighted by molar-refractivity contribution is -0.121. The van der Waals surface area contributed by atoms with Crippen LogP contribution in [0, 0.1) is 11.3 Å². The molecule has 4 nitrogen and oxygen atoms in total. The Morgan fingerprint density at radius 2 is 2.12 bits per heavy atom. The van der Waals surface area contributed by atoms with Crippen LogP contribution in [0.3, 0.4) is 0 Å². The average molecular weight is 232 g/mol. The fraction of sp³-hybridized carbons (Fsp3) is 0.385. The maximum absolute atomic E-state index is 11.1. The molecule has 1 rings (SSSR count). The topological polar surface area (TPSA) is 62.1 Å². The van der Waals surface area contributed by atoms with Crippen molar-refractivity contribution in [1.29, 1.82) is 5.26 Å². The van der Waals surface area contributed by atoms with Crippen molar-refractivity contribution >= 4 is 5.91 Å². The van der Waals surface area contributed by atoms with Crippen molar-refractivity contribution in [2.45, 2.75) is 19.8 Å². The highest BCUT2D eigenvalue weighted by molar-refractivity contribution is 5.75. The largest absolute Gasteiger partial charge is 0.493 e. The zero-order chi connectivity index (χ0) is 12.5. The van der Waals surface area contributed by atoms with Gasteiger partial charge in [-0.3, -0.25) is 4.79 Å². The number of rotatable bonds is 6. The summed E-state index contributed by atoms with van der Waals surface area (Å²) >= 11 is 0. The molecule has 17 heavy (non-hydrogen) atoms. The van der Waals surface area contributed by atoms with Gasteiger partial charge in [0.25, 0.3) is 0 Å². The highest BCUT2D eigenvalue weighted by atomic mass is 16.5. The number of nitriles is 1. The Labute approximate surface area is 101 Å². The molecule has 1 aromatic rings. The van der Waals surface area contributed by atoms with Crippen LogP contribution in [0.25, 0.3) is 0 Å². The van der Waals surface area contributed by atoms with E-state index in [0.29, 0.717) is 26.0 Å². The van der Waals surface area contributed by atoms with Crippen LogP contribution < -0.4 is 10.1 Å².